The van der Waals surface area contributed by atoms with Crippen molar-refractivity contribution < 1.29 is 4.74 Å². The molecule has 0 fully saturated rings. The fourth-order valence-electron chi connectivity index (χ4n) is 6.58. The van der Waals surface area contributed by atoms with Gasteiger partial charge in [0, 0.05) is 22.0 Å². The Balaban J connectivity index is 1.45. The Morgan fingerprint density at radius 3 is 1.97 bits per heavy atom. The van der Waals surface area contributed by atoms with Gasteiger partial charge in [0.2, 0.25) is 0 Å². The largest absolute Gasteiger partial charge is 0.457 e. The van der Waals surface area contributed by atoms with Crippen LogP contribution in [0.3, 0.4) is 0 Å². The van der Waals surface area contributed by atoms with E-state index in [2.05, 4.69) is 130 Å². The molecule has 0 saturated heterocycles. The first-order chi connectivity index (χ1) is 17.5. The summed E-state index contributed by atoms with van der Waals surface area (Å²) in [6.07, 6.45) is 0. The molecule has 0 bridgehead atoms. The average Bonchev–Trinajstić information content (AvgIpc) is 3.18. The van der Waals surface area contributed by atoms with Gasteiger partial charge in [-0.05, 0) is 64.1 Å². The molecule has 1 nitrogen and oxygen atoms in total. The van der Waals surface area contributed by atoms with Crippen LogP contribution in [-0.4, -0.2) is 0 Å². The molecule has 1 heterocycles. The first kappa shape index (κ1) is 21.2. The highest BCUT2D eigenvalue weighted by molar-refractivity contribution is 5.87. The molecule has 1 aliphatic carbocycles. The highest BCUT2D eigenvalue weighted by atomic mass is 16.5. The van der Waals surface area contributed by atoms with Crippen molar-refractivity contribution in [2.24, 2.45) is 0 Å². The van der Waals surface area contributed by atoms with Gasteiger partial charge in [0.05, 0.1) is 0 Å². The summed E-state index contributed by atoms with van der Waals surface area (Å²) in [6, 6.07) is 41.7. The Labute approximate surface area is 213 Å². The molecule has 1 aliphatic heterocycles. The van der Waals surface area contributed by atoms with E-state index in [0.29, 0.717) is 0 Å². The zero-order valence-corrected chi connectivity index (χ0v) is 20.9. The second kappa shape index (κ2) is 7.45. The molecule has 1 atom stereocenters. The molecule has 0 spiro atoms. The third-order valence-corrected chi connectivity index (χ3v) is 8.41. The minimum atomic E-state index is -0.177. The zero-order valence-electron chi connectivity index (χ0n) is 20.9. The van der Waals surface area contributed by atoms with Gasteiger partial charge in [0.15, 0.2) is 0 Å². The van der Waals surface area contributed by atoms with Gasteiger partial charge in [-0.15, -0.1) is 0 Å². The number of hydrogen-bond acceptors (Lipinski definition) is 1. The predicted octanol–water partition coefficient (Wildman–Crippen LogP) is 9.12. The van der Waals surface area contributed by atoms with E-state index in [-0.39, 0.29) is 10.8 Å². The molecule has 174 valence electrons. The van der Waals surface area contributed by atoms with Gasteiger partial charge < -0.3 is 4.74 Å². The summed E-state index contributed by atoms with van der Waals surface area (Å²) in [4.78, 5) is 0. The fourth-order valence-corrected chi connectivity index (χ4v) is 6.58. The van der Waals surface area contributed by atoms with Gasteiger partial charge >= 0.3 is 0 Å². The average molecular weight is 465 g/mol. The quantitative estimate of drug-likeness (QED) is 0.253. The Bertz CT molecular complexity index is 1640. The van der Waals surface area contributed by atoms with Crippen LogP contribution >= 0.6 is 0 Å². The summed E-state index contributed by atoms with van der Waals surface area (Å²) in [6.45, 7) is 6.99. The van der Waals surface area contributed by atoms with Crippen LogP contribution in [0.4, 0.5) is 0 Å². The van der Waals surface area contributed by atoms with Crippen molar-refractivity contribution in [2.75, 3.05) is 0 Å². The van der Waals surface area contributed by atoms with E-state index < -0.39 is 0 Å². The SMILES string of the molecule is CC1(C)c2ccccc2Oc2cccc(-c3ccc4c(c3)-c3ccccc3C4(C)c3ccccc3)c21. The van der Waals surface area contributed by atoms with Crippen LogP contribution in [0.25, 0.3) is 22.3 Å². The highest BCUT2D eigenvalue weighted by Gasteiger charge is 2.41. The normalized spacial score (nSPS) is 18.4. The van der Waals surface area contributed by atoms with Crippen molar-refractivity contribution in [1.82, 2.24) is 0 Å². The van der Waals surface area contributed by atoms with Crippen LogP contribution < -0.4 is 4.74 Å². The van der Waals surface area contributed by atoms with E-state index >= 15 is 0 Å². The molecule has 0 amide bonds. The lowest BCUT2D eigenvalue weighted by atomic mass is 9.72. The van der Waals surface area contributed by atoms with Crippen molar-refractivity contribution in [2.45, 2.75) is 31.6 Å². The van der Waals surface area contributed by atoms with Crippen LogP contribution in [0.5, 0.6) is 11.5 Å². The summed E-state index contributed by atoms with van der Waals surface area (Å²) < 4.78 is 6.42. The van der Waals surface area contributed by atoms with E-state index in [1.807, 2.05) is 6.07 Å². The van der Waals surface area contributed by atoms with E-state index in [1.54, 1.807) is 0 Å². The lowest BCUT2D eigenvalue weighted by Crippen LogP contribution is -2.25. The summed E-state index contributed by atoms with van der Waals surface area (Å²) >= 11 is 0. The van der Waals surface area contributed by atoms with Gasteiger partial charge in [-0.1, -0.05) is 111 Å². The summed E-state index contributed by atoms with van der Waals surface area (Å²) in [5.74, 6) is 1.90. The van der Waals surface area contributed by atoms with Crippen molar-refractivity contribution in [1.29, 1.82) is 0 Å². The Kier molecular flexibility index (Phi) is 4.39. The first-order valence-electron chi connectivity index (χ1n) is 12.7. The Hall–Kier alpha value is -4.10. The van der Waals surface area contributed by atoms with Crippen molar-refractivity contribution in [3.05, 3.63) is 143 Å². The van der Waals surface area contributed by atoms with E-state index in [9.17, 15) is 0 Å². The van der Waals surface area contributed by atoms with Crippen LogP contribution in [0.2, 0.25) is 0 Å². The van der Waals surface area contributed by atoms with Gasteiger partial charge in [-0.2, -0.15) is 0 Å². The minimum Gasteiger partial charge on any atom is -0.457 e. The maximum atomic E-state index is 6.42. The molecule has 5 aromatic rings. The molecule has 36 heavy (non-hydrogen) atoms. The third-order valence-electron chi connectivity index (χ3n) is 8.41. The van der Waals surface area contributed by atoms with E-state index in [4.69, 9.17) is 4.74 Å². The molecule has 2 aliphatic rings. The number of fused-ring (bicyclic) bond motifs is 5. The number of rotatable bonds is 2. The topological polar surface area (TPSA) is 9.23 Å². The van der Waals surface area contributed by atoms with Crippen molar-refractivity contribution >= 4 is 0 Å². The predicted molar refractivity (Wildman–Crippen MR) is 148 cm³/mol. The second-order valence-corrected chi connectivity index (χ2v) is 10.7. The van der Waals surface area contributed by atoms with Crippen LogP contribution in [0.15, 0.2) is 115 Å². The molecule has 0 radical (unpaired) electrons. The summed E-state index contributed by atoms with van der Waals surface area (Å²) in [7, 11) is 0. The maximum absolute atomic E-state index is 6.42. The number of benzene rings is 5. The summed E-state index contributed by atoms with van der Waals surface area (Å²) in [5.41, 5.74) is 11.3. The van der Waals surface area contributed by atoms with E-state index in [1.165, 1.54) is 50.1 Å². The first-order valence-corrected chi connectivity index (χ1v) is 12.7. The molecule has 1 heteroatoms. The molecule has 0 N–H and O–H groups in total. The second-order valence-electron chi connectivity index (χ2n) is 10.7. The molecular weight excluding hydrogens is 436 g/mol. The number of ether oxygens (including phenoxy) is 1. The monoisotopic (exact) mass is 464 g/mol. The van der Waals surface area contributed by atoms with Crippen LogP contribution in [-0.2, 0) is 10.8 Å². The summed E-state index contributed by atoms with van der Waals surface area (Å²) in [5, 5.41) is 0. The van der Waals surface area contributed by atoms with Gasteiger partial charge in [-0.25, -0.2) is 0 Å². The Morgan fingerprint density at radius 1 is 0.500 bits per heavy atom. The zero-order chi connectivity index (χ0) is 24.5. The van der Waals surface area contributed by atoms with Crippen molar-refractivity contribution in [3.8, 4) is 33.8 Å². The maximum Gasteiger partial charge on any atom is 0.132 e. The third kappa shape index (κ3) is 2.77. The smallest absolute Gasteiger partial charge is 0.132 e. The molecule has 0 saturated carbocycles. The van der Waals surface area contributed by atoms with Gasteiger partial charge in [0.1, 0.15) is 11.5 Å². The molecular formula is C35H28O. The number of para-hydroxylation sites is 1. The fraction of sp³-hybridized carbons (Fsp3) is 0.143. The Morgan fingerprint density at radius 2 is 1.14 bits per heavy atom. The van der Waals surface area contributed by atoms with Gasteiger partial charge in [0.25, 0.3) is 0 Å². The minimum absolute atomic E-state index is 0.170. The molecule has 5 aromatic carbocycles. The van der Waals surface area contributed by atoms with Gasteiger partial charge in [-0.3, -0.25) is 0 Å². The number of hydrogen-bond donors (Lipinski definition) is 0. The molecule has 7 rings (SSSR count). The lowest BCUT2D eigenvalue weighted by molar-refractivity contribution is 0.419. The van der Waals surface area contributed by atoms with Crippen LogP contribution in [0, 0.1) is 0 Å². The highest BCUT2D eigenvalue weighted by Crippen LogP contribution is 2.55. The van der Waals surface area contributed by atoms with Crippen LogP contribution in [0.1, 0.15) is 48.6 Å². The standard InChI is InChI=1S/C35H28O/c1-34(2)30-17-9-10-18-31(30)36-32-19-11-15-25(33(32)34)23-20-21-29-27(22-23)26-14-7-8-16-28(26)35(29,3)24-12-5-4-6-13-24/h4-22H,1-3H3. The van der Waals surface area contributed by atoms with Crippen molar-refractivity contribution in [3.63, 3.8) is 0 Å². The lowest BCUT2D eigenvalue weighted by Gasteiger charge is -2.36. The molecule has 1 unspecified atom stereocenters. The van der Waals surface area contributed by atoms with E-state index in [0.717, 1.165) is 11.5 Å². The molecule has 0 aromatic heterocycles.